The summed E-state index contributed by atoms with van der Waals surface area (Å²) in [6, 6.07) is 17.4. The minimum absolute atomic E-state index is 0.0969. The minimum atomic E-state index is -0.0969. The molecule has 1 heterocycles. The van der Waals surface area contributed by atoms with Gasteiger partial charge in [0, 0.05) is 24.1 Å². The third-order valence-corrected chi connectivity index (χ3v) is 4.48. The first kappa shape index (κ1) is 20.8. The Bertz CT molecular complexity index is 952. The number of benzene rings is 2. The quantitative estimate of drug-likeness (QED) is 0.529. The SMILES string of the molecule is CCOc1ccc(-c2cc(C(=O)NCCCOC(C)C)c3ccccc3n2)cc1. The van der Waals surface area contributed by atoms with Crippen LogP contribution in [0.15, 0.2) is 54.6 Å². The van der Waals surface area contributed by atoms with Crippen molar-refractivity contribution >= 4 is 16.8 Å². The predicted octanol–water partition coefficient (Wildman–Crippen LogP) is 4.85. The van der Waals surface area contributed by atoms with Gasteiger partial charge in [-0.25, -0.2) is 4.98 Å². The van der Waals surface area contributed by atoms with Crippen molar-refractivity contribution in [1.82, 2.24) is 10.3 Å². The molecule has 0 aliphatic carbocycles. The fourth-order valence-electron chi connectivity index (χ4n) is 3.09. The monoisotopic (exact) mass is 392 g/mol. The number of nitrogens with zero attached hydrogens (tertiary/aromatic N) is 1. The van der Waals surface area contributed by atoms with Crippen LogP contribution >= 0.6 is 0 Å². The highest BCUT2D eigenvalue weighted by Gasteiger charge is 2.13. The molecule has 0 aliphatic rings. The number of ether oxygens (including phenoxy) is 2. The Morgan fingerprint density at radius 2 is 1.86 bits per heavy atom. The van der Waals surface area contributed by atoms with E-state index in [0.29, 0.717) is 25.3 Å². The summed E-state index contributed by atoms with van der Waals surface area (Å²) in [6.07, 6.45) is 0.977. The second-order valence-corrected chi connectivity index (χ2v) is 7.06. The second-order valence-electron chi connectivity index (χ2n) is 7.06. The lowest BCUT2D eigenvalue weighted by Crippen LogP contribution is -2.26. The highest BCUT2D eigenvalue weighted by molar-refractivity contribution is 6.07. The fourth-order valence-corrected chi connectivity index (χ4v) is 3.09. The summed E-state index contributed by atoms with van der Waals surface area (Å²) in [4.78, 5) is 17.6. The molecule has 2 aromatic carbocycles. The number of carbonyl (C=O) groups is 1. The Morgan fingerprint density at radius 3 is 2.59 bits per heavy atom. The average Bonchev–Trinajstić information content (AvgIpc) is 2.73. The van der Waals surface area contributed by atoms with Crippen molar-refractivity contribution in [1.29, 1.82) is 0 Å². The van der Waals surface area contributed by atoms with Crippen LogP contribution in [0.2, 0.25) is 0 Å². The van der Waals surface area contributed by atoms with Crippen LogP contribution in [0.3, 0.4) is 0 Å². The van der Waals surface area contributed by atoms with Gasteiger partial charge in [0.25, 0.3) is 5.91 Å². The first-order chi connectivity index (χ1) is 14.1. The second kappa shape index (κ2) is 10.0. The van der Waals surface area contributed by atoms with Crippen LogP contribution in [0, 0.1) is 0 Å². The first-order valence-corrected chi connectivity index (χ1v) is 10.1. The molecule has 0 aliphatic heterocycles. The molecule has 1 amide bonds. The molecule has 5 nitrogen and oxygen atoms in total. The predicted molar refractivity (Wildman–Crippen MR) is 116 cm³/mol. The molecule has 152 valence electrons. The standard InChI is InChI=1S/C24H28N2O3/c1-4-28-19-12-10-18(11-13-19)23-16-21(20-8-5-6-9-22(20)26-23)24(27)25-14-7-15-29-17(2)3/h5-6,8-13,16-17H,4,7,14-15H2,1-3H3,(H,25,27). The molecule has 0 unspecified atom stereocenters. The first-order valence-electron chi connectivity index (χ1n) is 10.1. The topological polar surface area (TPSA) is 60.5 Å². The summed E-state index contributed by atoms with van der Waals surface area (Å²) in [7, 11) is 0. The van der Waals surface area contributed by atoms with E-state index in [4.69, 9.17) is 14.5 Å². The van der Waals surface area contributed by atoms with Crippen molar-refractivity contribution in [3.63, 3.8) is 0 Å². The number of nitrogens with one attached hydrogen (secondary N) is 1. The molecule has 0 spiro atoms. The molecule has 0 atom stereocenters. The van der Waals surface area contributed by atoms with E-state index in [9.17, 15) is 4.79 Å². The Morgan fingerprint density at radius 1 is 1.10 bits per heavy atom. The largest absolute Gasteiger partial charge is 0.494 e. The van der Waals surface area contributed by atoms with Gasteiger partial charge >= 0.3 is 0 Å². The third kappa shape index (κ3) is 5.55. The van der Waals surface area contributed by atoms with E-state index in [0.717, 1.165) is 34.3 Å². The van der Waals surface area contributed by atoms with E-state index in [1.807, 2.05) is 75.4 Å². The van der Waals surface area contributed by atoms with Gasteiger partial charge in [0.05, 0.1) is 29.5 Å². The number of amides is 1. The van der Waals surface area contributed by atoms with Crippen molar-refractivity contribution in [2.24, 2.45) is 0 Å². The molecule has 3 aromatic rings. The maximum atomic E-state index is 12.9. The lowest BCUT2D eigenvalue weighted by atomic mass is 10.0. The molecule has 0 saturated heterocycles. The zero-order valence-corrected chi connectivity index (χ0v) is 17.3. The van der Waals surface area contributed by atoms with Crippen LogP contribution in [-0.4, -0.2) is 36.8 Å². The maximum absolute atomic E-state index is 12.9. The number of fused-ring (bicyclic) bond motifs is 1. The highest BCUT2D eigenvalue weighted by atomic mass is 16.5. The van der Waals surface area contributed by atoms with Crippen LogP contribution in [0.5, 0.6) is 5.75 Å². The Hall–Kier alpha value is -2.92. The number of para-hydroxylation sites is 1. The molecule has 0 saturated carbocycles. The van der Waals surface area contributed by atoms with Gasteiger partial charge in [-0.1, -0.05) is 18.2 Å². The number of carbonyl (C=O) groups excluding carboxylic acids is 1. The fraction of sp³-hybridized carbons (Fsp3) is 0.333. The van der Waals surface area contributed by atoms with Gasteiger partial charge in [-0.15, -0.1) is 0 Å². The Balaban J connectivity index is 1.83. The third-order valence-electron chi connectivity index (χ3n) is 4.48. The van der Waals surface area contributed by atoms with E-state index >= 15 is 0 Å². The van der Waals surface area contributed by atoms with Crippen LogP contribution in [0.25, 0.3) is 22.2 Å². The van der Waals surface area contributed by atoms with Crippen LogP contribution in [0.4, 0.5) is 0 Å². The number of aromatic nitrogens is 1. The van der Waals surface area contributed by atoms with E-state index in [-0.39, 0.29) is 12.0 Å². The maximum Gasteiger partial charge on any atom is 0.252 e. The van der Waals surface area contributed by atoms with Gasteiger partial charge in [-0.3, -0.25) is 4.79 Å². The number of pyridine rings is 1. The molecule has 0 fully saturated rings. The normalized spacial score (nSPS) is 11.0. The van der Waals surface area contributed by atoms with Gasteiger partial charge < -0.3 is 14.8 Å². The molecule has 29 heavy (non-hydrogen) atoms. The van der Waals surface area contributed by atoms with Gasteiger partial charge in [-0.2, -0.15) is 0 Å². The minimum Gasteiger partial charge on any atom is -0.494 e. The van der Waals surface area contributed by atoms with Gasteiger partial charge in [0.2, 0.25) is 0 Å². The molecule has 5 heteroatoms. The molecule has 1 N–H and O–H groups in total. The number of hydrogen-bond donors (Lipinski definition) is 1. The molecule has 3 rings (SSSR count). The van der Waals surface area contributed by atoms with Crippen molar-refractivity contribution in [3.8, 4) is 17.0 Å². The number of hydrogen-bond acceptors (Lipinski definition) is 4. The van der Waals surface area contributed by atoms with Crippen LogP contribution < -0.4 is 10.1 Å². The Kier molecular flexibility index (Phi) is 7.19. The highest BCUT2D eigenvalue weighted by Crippen LogP contribution is 2.26. The molecular formula is C24H28N2O3. The van der Waals surface area contributed by atoms with Crippen molar-refractivity contribution in [3.05, 3.63) is 60.2 Å². The lowest BCUT2D eigenvalue weighted by molar-refractivity contribution is 0.0757. The van der Waals surface area contributed by atoms with Crippen LogP contribution in [0.1, 0.15) is 37.6 Å². The summed E-state index contributed by atoms with van der Waals surface area (Å²) in [5, 5.41) is 3.85. The Labute approximate surface area is 172 Å². The summed E-state index contributed by atoms with van der Waals surface area (Å²) >= 11 is 0. The van der Waals surface area contributed by atoms with E-state index < -0.39 is 0 Å². The van der Waals surface area contributed by atoms with E-state index in [1.54, 1.807) is 0 Å². The summed E-state index contributed by atoms with van der Waals surface area (Å²) in [5.41, 5.74) is 3.13. The smallest absolute Gasteiger partial charge is 0.252 e. The van der Waals surface area contributed by atoms with Crippen molar-refractivity contribution in [2.75, 3.05) is 19.8 Å². The zero-order valence-electron chi connectivity index (χ0n) is 17.3. The van der Waals surface area contributed by atoms with Crippen molar-refractivity contribution in [2.45, 2.75) is 33.3 Å². The van der Waals surface area contributed by atoms with E-state index in [1.165, 1.54) is 0 Å². The van der Waals surface area contributed by atoms with Gasteiger partial charge in [0.15, 0.2) is 0 Å². The zero-order chi connectivity index (χ0) is 20.6. The lowest BCUT2D eigenvalue weighted by Gasteiger charge is -2.12. The summed E-state index contributed by atoms with van der Waals surface area (Å²) < 4.78 is 11.0. The molecule has 0 bridgehead atoms. The van der Waals surface area contributed by atoms with Crippen molar-refractivity contribution < 1.29 is 14.3 Å². The van der Waals surface area contributed by atoms with Gasteiger partial charge in [-0.05, 0) is 63.6 Å². The summed E-state index contributed by atoms with van der Waals surface area (Å²) in [5.74, 6) is 0.721. The van der Waals surface area contributed by atoms with Gasteiger partial charge in [0.1, 0.15) is 5.75 Å². The summed E-state index contributed by atoms with van der Waals surface area (Å²) in [6.45, 7) is 7.79. The molecule has 0 radical (unpaired) electrons. The van der Waals surface area contributed by atoms with Crippen LogP contribution in [-0.2, 0) is 4.74 Å². The van der Waals surface area contributed by atoms with E-state index in [2.05, 4.69) is 5.32 Å². The average molecular weight is 392 g/mol. The molecular weight excluding hydrogens is 364 g/mol. The molecule has 1 aromatic heterocycles. The number of rotatable bonds is 9.